The molecule has 1 saturated heterocycles. The molecule has 1 aliphatic heterocycles. The summed E-state index contributed by atoms with van der Waals surface area (Å²) in [6, 6.07) is 5.35. The molecule has 7 nitrogen and oxygen atoms in total. The van der Waals surface area contributed by atoms with E-state index in [9.17, 15) is 14.4 Å². The number of carbonyl (C=O) groups is 3. The molecule has 1 fully saturated rings. The molecule has 144 valence electrons. The van der Waals surface area contributed by atoms with Crippen molar-refractivity contribution in [1.82, 2.24) is 9.47 Å². The standard InChI is InChI=1S/C20H24N2O5/c1-4-22-13(2)8-17(14(22)3)18(23)12-27-20(25)15-9-19(24)21(10-15)11-16-6-5-7-26-16/h5-8,15H,4,9-12H2,1-3H3/t15-/m0/s1. The molecule has 2 aromatic rings. The molecule has 7 heteroatoms. The highest BCUT2D eigenvalue weighted by molar-refractivity contribution is 5.99. The number of esters is 1. The van der Waals surface area contributed by atoms with Crippen LogP contribution < -0.4 is 0 Å². The Kier molecular flexibility index (Phi) is 5.48. The highest BCUT2D eigenvalue weighted by Crippen LogP contribution is 2.22. The van der Waals surface area contributed by atoms with Crippen LogP contribution in [0.4, 0.5) is 0 Å². The number of ketones is 1. The van der Waals surface area contributed by atoms with Gasteiger partial charge in [-0.3, -0.25) is 14.4 Å². The van der Waals surface area contributed by atoms with Gasteiger partial charge in [0.1, 0.15) is 5.76 Å². The molecule has 27 heavy (non-hydrogen) atoms. The Hall–Kier alpha value is -2.83. The van der Waals surface area contributed by atoms with Gasteiger partial charge in [-0.25, -0.2) is 0 Å². The summed E-state index contributed by atoms with van der Waals surface area (Å²) in [6.07, 6.45) is 1.64. The van der Waals surface area contributed by atoms with E-state index in [1.54, 1.807) is 23.3 Å². The summed E-state index contributed by atoms with van der Waals surface area (Å²) in [6.45, 7) is 6.91. The predicted octanol–water partition coefficient (Wildman–Crippen LogP) is 2.49. The molecule has 1 aliphatic rings. The number of Topliss-reactive ketones (excluding diaryl/α,β-unsaturated/α-hetero) is 1. The Labute approximate surface area is 157 Å². The minimum atomic E-state index is -0.552. The zero-order valence-corrected chi connectivity index (χ0v) is 15.9. The average molecular weight is 372 g/mol. The lowest BCUT2D eigenvalue weighted by Gasteiger charge is -2.14. The fraction of sp³-hybridized carbons (Fsp3) is 0.450. The van der Waals surface area contributed by atoms with Crippen LogP contribution in [-0.4, -0.2) is 40.3 Å². The van der Waals surface area contributed by atoms with Gasteiger partial charge in [-0.05, 0) is 39.0 Å². The number of hydrogen-bond acceptors (Lipinski definition) is 5. The fourth-order valence-corrected chi connectivity index (χ4v) is 3.58. The number of amides is 1. The summed E-state index contributed by atoms with van der Waals surface area (Å²) in [4.78, 5) is 38.4. The van der Waals surface area contributed by atoms with Crippen LogP contribution in [-0.2, 0) is 27.4 Å². The first-order chi connectivity index (χ1) is 12.9. The molecule has 0 aliphatic carbocycles. The van der Waals surface area contributed by atoms with E-state index in [0.717, 1.165) is 17.9 Å². The first kappa shape index (κ1) is 18.9. The molecule has 0 spiro atoms. The van der Waals surface area contributed by atoms with Gasteiger partial charge < -0.3 is 18.6 Å². The maximum atomic E-state index is 12.4. The number of likely N-dealkylation sites (tertiary alicyclic amines) is 1. The molecule has 0 N–H and O–H groups in total. The quantitative estimate of drug-likeness (QED) is 0.551. The van der Waals surface area contributed by atoms with E-state index in [4.69, 9.17) is 9.15 Å². The summed E-state index contributed by atoms with van der Waals surface area (Å²) < 4.78 is 12.5. The van der Waals surface area contributed by atoms with Gasteiger partial charge in [0, 0.05) is 36.5 Å². The average Bonchev–Trinajstić information content (AvgIpc) is 3.34. The third-order valence-electron chi connectivity index (χ3n) is 5.01. The molecule has 0 radical (unpaired) electrons. The predicted molar refractivity (Wildman–Crippen MR) is 97.1 cm³/mol. The van der Waals surface area contributed by atoms with Gasteiger partial charge in [-0.1, -0.05) is 0 Å². The van der Waals surface area contributed by atoms with Gasteiger partial charge in [0.05, 0.1) is 18.7 Å². The lowest BCUT2D eigenvalue weighted by Crippen LogP contribution is -2.27. The highest BCUT2D eigenvalue weighted by Gasteiger charge is 2.36. The van der Waals surface area contributed by atoms with E-state index < -0.39 is 11.9 Å². The summed E-state index contributed by atoms with van der Waals surface area (Å²) >= 11 is 0. The Morgan fingerprint density at radius 3 is 2.74 bits per heavy atom. The molecule has 0 unspecified atom stereocenters. The monoisotopic (exact) mass is 372 g/mol. The zero-order chi connectivity index (χ0) is 19.6. The molecule has 0 bridgehead atoms. The van der Waals surface area contributed by atoms with E-state index in [1.165, 1.54) is 0 Å². The fourth-order valence-electron chi connectivity index (χ4n) is 3.58. The summed E-state index contributed by atoms with van der Waals surface area (Å²) in [5.41, 5.74) is 2.44. The maximum absolute atomic E-state index is 12.4. The Morgan fingerprint density at radius 1 is 1.33 bits per heavy atom. The van der Waals surface area contributed by atoms with E-state index in [2.05, 4.69) is 0 Å². The summed E-state index contributed by atoms with van der Waals surface area (Å²) in [5.74, 6) is -0.746. The van der Waals surface area contributed by atoms with Crippen LogP contribution in [0.25, 0.3) is 0 Å². The molecule has 2 aromatic heterocycles. The number of nitrogens with zero attached hydrogens (tertiary/aromatic N) is 2. The van der Waals surface area contributed by atoms with Crippen molar-refractivity contribution in [2.45, 2.75) is 40.3 Å². The molecule has 3 heterocycles. The van der Waals surface area contributed by atoms with Crippen LogP contribution in [0.1, 0.15) is 40.9 Å². The lowest BCUT2D eigenvalue weighted by molar-refractivity contribution is -0.147. The highest BCUT2D eigenvalue weighted by atomic mass is 16.5. The van der Waals surface area contributed by atoms with Crippen LogP contribution >= 0.6 is 0 Å². The summed E-state index contributed by atoms with van der Waals surface area (Å²) in [5, 5.41) is 0. The first-order valence-electron chi connectivity index (χ1n) is 9.07. The van der Waals surface area contributed by atoms with Crippen molar-refractivity contribution in [2.24, 2.45) is 5.92 Å². The van der Waals surface area contributed by atoms with Crippen molar-refractivity contribution in [3.05, 3.63) is 47.2 Å². The second kappa shape index (κ2) is 7.82. The van der Waals surface area contributed by atoms with Crippen molar-refractivity contribution in [1.29, 1.82) is 0 Å². The number of furan rings is 1. The Bertz CT molecular complexity index is 850. The number of ether oxygens (including phenoxy) is 1. The van der Waals surface area contributed by atoms with Gasteiger partial charge in [-0.2, -0.15) is 0 Å². The zero-order valence-electron chi connectivity index (χ0n) is 15.9. The largest absolute Gasteiger partial charge is 0.467 e. The lowest BCUT2D eigenvalue weighted by atomic mass is 10.1. The van der Waals surface area contributed by atoms with Crippen molar-refractivity contribution in [2.75, 3.05) is 13.2 Å². The van der Waals surface area contributed by atoms with Crippen molar-refractivity contribution in [3.8, 4) is 0 Å². The number of carbonyl (C=O) groups excluding carboxylic acids is 3. The van der Waals surface area contributed by atoms with Gasteiger partial charge in [0.2, 0.25) is 11.7 Å². The van der Waals surface area contributed by atoms with Crippen LogP contribution in [0.2, 0.25) is 0 Å². The smallest absolute Gasteiger partial charge is 0.311 e. The van der Waals surface area contributed by atoms with Crippen molar-refractivity contribution < 1.29 is 23.5 Å². The Morgan fingerprint density at radius 2 is 2.11 bits per heavy atom. The van der Waals surface area contributed by atoms with Crippen LogP contribution in [0, 0.1) is 19.8 Å². The first-order valence-corrected chi connectivity index (χ1v) is 9.07. The minimum Gasteiger partial charge on any atom is -0.467 e. The molecule has 0 aromatic carbocycles. The van der Waals surface area contributed by atoms with E-state index in [0.29, 0.717) is 17.9 Å². The van der Waals surface area contributed by atoms with E-state index in [-0.39, 0.29) is 31.3 Å². The Balaban J connectivity index is 1.55. The van der Waals surface area contributed by atoms with E-state index in [1.807, 2.05) is 31.4 Å². The second-order valence-electron chi connectivity index (χ2n) is 6.81. The third kappa shape index (κ3) is 3.97. The topological polar surface area (TPSA) is 81.8 Å². The number of hydrogen-bond donors (Lipinski definition) is 0. The van der Waals surface area contributed by atoms with Crippen molar-refractivity contribution in [3.63, 3.8) is 0 Å². The normalized spacial score (nSPS) is 16.8. The second-order valence-corrected chi connectivity index (χ2v) is 6.81. The van der Waals surface area contributed by atoms with Crippen molar-refractivity contribution >= 4 is 17.7 Å². The molecule has 3 rings (SSSR count). The van der Waals surface area contributed by atoms with Gasteiger partial charge in [0.15, 0.2) is 6.61 Å². The van der Waals surface area contributed by atoms with Crippen LogP contribution in [0.5, 0.6) is 0 Å². The molecule has 1 atom stereocenters. The van der Waals surface area contributed by atoms with Gasteiger partial charge in [0.25, 0.3) is 0 Å². The maximum Gasteiger partial charge on any atom is 0.311 e. The number of rotatable bonds is 7. The van der Waals surface area contributed by atoms with Crippen LogP contribution in [0.15, 0.2) is 28.9 Å². The van der Waals surface area contributed by atoms with Crippen LogP contribution in [0.3, 0.4) is 0 Å². The molecule has 1 amide bonds. The number of aryl methyl sites for hydroxylation is 1. The number of aromatic nitrogens is 1. The van der Waals surface area contributed by atoms with E-state index >= 15 is 0 Å². The van der Waals surface area contributed by atoms with Gasteiger partial charge in [-0.15, -0.1) is 0 Å². The van der Waals surface area contributed by atoms with Gasteiger partial charge >= 0.3 is 5.97 Å². The third-order valence-corrected chi connectivity index (χ3v) is 5.01. The minimum absolute atomic E-state index is 0.0953. The molecule has 0 saturated carbocycles. The molecular weight excluding hydrogens is 348 g/mol. The SMILES string of the molecule is CCn1c(C)cc(C(=O)COC(=O)[C@H]2CC(=O)N(Cc3ccco3)C2)c1C. The summed E-state index contributed by atoms with van der Waals surface area (Å²) in [7, 11) is 0. The molecular formula is C20H24N2O5.